The third-order valence-electron chi connectivity index (χ3n) is 4.36. The van der Waals surface area contributed by atoms with Crippen LogP contribution in [0.2, 0.25) is 0 Å². The summed E-state index contributed by atoms with van der Waals surface area (Å²) in [5, 5.41) is 3.57. The summed E-state index contributed by atoms with van der Waals surface area (Å²) < 4.78 is 0. The van der Waals surface area contributed by atoms with Crippen LogP contribution in [-0.2, 0) is 0 Å². The molecule has 1 aliphatic carbocycles. The zero-order valence-corrected chi connectivity index (χ0v) is 11.2. The minimum absolute atomic E-state index is 0.615. The predicted octanol–water partition coefficient (Wildman–Crippen LogP) is 3.96. The van der Waals surface area contributed by atoms with Gasteiger partial charge in [-0.2, -0.15) is 0 Å². The molecule has 0 amide bonds. The van der Waals surface area contributed by atoms with Gasteiger partial charge < -0.3 is 5.32 Å². The Morgan fingerprint density at radius 3 is 2.29 bits per heavy atom. The van der Waals surface area contributed by atoms with Gasteiger partial charge in [-0.05, 0) is 37.3 Å². The SMILES string of the molecule is CN[C@@H](C1CCCCC1)[C@@H](C)c1ccccc1. The van der Waals surface area contributed by atoms with Crippen LogP contribution in [0, 0.1) is 5.92 Å². The lowest BCUT2D eigenvalue weighted by molar-refractivity contribution is 0.255. The molecular weight excluding hydrogens is 206 g/mol. The van der Waals surface area contributed by atoms with E-state index in [9.17, 15) is 0 Å². The van der Waals surface area contributed by atoms with Gasteiger partial charge in [0.25, 0.3) is 0 Å². The van der Waals surface area contributed by atoms with E-state index in [2.05, 4.69) is 49.6 Å². The molecule has 1 aromatic carbocycles. The molecule has 0 radical (unpaired) electrons. The first-order chi connectivity index (χ1) is 8.33. The van der Waals surface area contributed by atoms with Gasteiger partial charge in [-0.25, -0.2) is 0 Å². The minimum atomic E-state index is 0.615. The second-order valence-corrected chi connectivity index (χ2v) is 5.41. The van der Waals surface area contributed by atoms with E-state index in [0.717, 1.165) is 5.92 Å². The van der Waals surface area contributed by atoms with Crippen LogP contribution in [0.15, 0.2) is 30.3 Å². The molecule has 0 unspecified atom stereocenters. The molecule has 0 aromatic heterocycles. The fourth-order valence-corrected chi connectivity index (χ4v) is 3.35. The van der Waals surface area contributed by atoms with Crippen LogP contribution in [0.25, 0.3) is 0 Å². The van der Waals surface area contributed by atoms with Crippen molar-refractivity contribution in [3.8, 4) is 0 Å². The normalized spacial score (nSPS) is 21.1. The Balaban J connectivity index is 2.06. The van der Waals surface area contributed by atoms with E-state index in [-0.39, 0.29) is 0 Å². The lowest BCUT2D eigenvalue weighted by Crippen LogP contribution is -2.39. The first kappa shape index (κ1) is 12.6. The van der Waals surface area contributed by atoms with Crippen molar-refractivity contribution in [1.29, 1.82) is 0 Å². The number of likely N-dealkylation sites (N-methyl/N-ethyl adjacent to an activating group) is 1. The van der Waals surface area contributed by atoms with E-state index in [1.807, 2.05) is 0 Å². The Morgan fingerprint density at radius 1 is 1.06 bits per heavy atom. The molecule has 0 aliphatic heterocycles. The zero-order chi connectivity index (χ0) is 12.1. The third-order valence-corrected chi connectivity index (χ3v) is 4.36. The van der Waals surface area contributed by atoms with Crippen LogP contribution in [0.5, 0.6) is 0 Å². The van der Waals surface area contributed by atoms with Gasteiger partial charge in [0, 0.05) is 6.04 Å². The first-order valence-corrected chi connectivity index (χ1v) is 7.05. The van der Waals surface area contributed by atoms with E-state index in [0.29, 0.717) is 12.0 Å². The van der Waals surface area contributed by atoms with Gasteiger partial charge >= 0.3 is 0 Å². The average Bonchev–Trinajstić information content (AvgIpc) is 2.42. The molecule has 17 heavy (non-hydrogen) atoms. The van der Waals surface area contributed by atoms with Crippen molar-refractivity contribution in [1.82, 2.24) is 5.32 Å². The minimum Gasteiger partial charge on any atom is -0.316 e. The van der Waals surface area contributed by atoms with Crippen LogP contribution < -0.4 is 5.32 Å². The van der Waals surface area contributed by atoms with Crippen LogP contribution in [0.3, 0.4) is 0 Å². The van der Waals surface area contributed by atoms with Crippen LogP contribution in [-0.4, -0.2) is 13.1 Å². The molecule has 2 rings (SSSR count). The van der Waals surface area contributed by atoms with Gasteiger partial charge in [0.15, 0.2) is 0 Å². The van der Waals surface area contributed by atoms with Crippen LogP contribution >= 0.6 is 0 Å². The number of hydrogen-bond donors (Lipinski definition) is 1. The Labute approximate surface area is 106 Å². The van der Waals surface area contributed by atoms with Crippen molar-refractivity contribution in [2.45, 2.75) is 51.0 Å². The molecule has 1 aliphatic rings. The van der Waals surface area contributed by atoms with E-state index in [4.69, 9.17) is 0 Å². The summed E-state index contributed by atoms with van der Waals surface area (Å²) in [6.07, 6.45) is 7.09. The molecule has 1 aromatic rings. The van der Waals surface area contributed by atoms with Crippen molar-refractivity contribution in [2.24, 2.45) is 5.92 Å². The standard InChI is InChI=1S/C16H25N/c1-13(14-9-5-3-6-10-14)16(17-2)15-11-7-4-8-12-15/h3,5-6,9-10,13,15-17H,4,7-8,11-12H2,1-2H3/t13-,16+/m0/s1. The Morgan fingerprint density at radius 2 is 1.71 bits per heavy atom. The van der Waals surface area contributed by atoms with Gasteiger partial charge in [0.1, 0.15) is 0 Å². The van der Waals surface area contributed by atoms with Gasteiger partial charge in [-0.1, -0.05) is 56.5 Å². The monoisotopic (exact) mass is 231 g/mol. The van der Waals surface area contributed by atoms with E-state index < -0.39 is 0 Å². The maximum atomic E-state index is 3.57. The summed E-state index contributed by atoms with van der Waals surface area (Å²) in [5.74, 6) is 1.48. The highest BCUT2D eigenvalue weighted by Gasteiger charge is 2.27. The average molecular weight is 231 g/mol. The Kier molecular flexibility index (Phi) is 4.61. The van der Waals surface area contributed by atoms with E-state index in [1.165, 1.54) is 37.7 Å². The van der Waals surface area contributed by atoms with Crippen molar-refractivity contribution in [3.63, 3.8) is 0 Å². The maximum absolute atomic E-state index is 3.57. The van der Waals surface area contributed by atoms with Gasteiger partial charge in [0.05, 0.1) is 0 Å². The van der Waals surface area contributed by atoms with Crippen molar-refractivity contribution in [2.75, 3.05) is 7.05 Å². The molecule has 0 bridgehead atoms. The highest BCUT2D eigenvalue weighted by atomic mass is 14.9. The molecule has 2 atom stereocenters. The lowest BCUT2D eigenvalue weighted by atomic mass is 9.77. The summed E-state index contributed by atoms with van der Waals surface area (Å²) in [4.78, 5) is 0. The van der Waals surface area contributed by atoms with Gasteiger partial charge in [-0.3, -0.25) is 0 Å². The largest absolute Gasteiger partial charge is 0.316 e. The first-order valence-electron chi connectivity index (χ1n) is 7.05. The number of nitrogens with one attached hydrogen (secondary N) is 1. The summed E-state index contributed by atoms with van der Waals surface area (Å²) in [7, 11) is 2.12. The smallest absolute Gasteiger partial charge is 0.0158 e. The molecule has 1 saturated carbocycles. The fraction of sp³-hybridized carbons (Fsp3) is 0.625. The topological polar surface area (TPSA) is 12.0 Å². The molecule has 0 heterocycles. The molecule has 1 fully saturated rings. The number of benzene rings is 1. The summed E-state index contributed by atoms with van der Waals surface area (Å²) in [6, 6.07) is 11.6. The lowest BCUT2D eigenvalue weighted by Gasteiger charge is -2.34. The second-order valence-electron chi connectivity index (χ2n) is 5.41. The summed E-state index contributed by atoms with van der Waals surface area (Å²) >= 11 is 0. The Bertz CT molecular complexity index is 314. The van der Waals surface area contributed by atoms with Gasteiger partial charge in [-0.15, -0.1) is 0 Å². The quantitative estimate of drug-likeness (QED) is 0.827. The molecular formula is C16H25N. The highest BCUT2D eigenvalue weighted by Crippen LogP contribution is 2.33. The molecule has 1 nitrogen and oxygen atoms in total. The summed E-state index contributed by atoms with van der Waals surface area (Å²) in [5.41, 5.74) is 1.47. The highest BCUT2D eigenvalue weighted by molar-refractivity contribution is 5.20. The zero-order valence-electron chi connectivity index (χ0n) is 11.2. The molecule has 0 saturated heterocycles. The van der Waals surface area contributed by atoms with Crippen molar-refractivity contribution < 1.29 is 0 Å². The van der Waals surface area contributed by atoms with E-state index in [1.54, 1.807) is 0 Å². The number of hydrogen-bond acceptors (Lipinski definition) is 1. The fourth-order valence-electron chi connectivity index (χ4n) is 3.35. The third kappa shape index (κ3) is 3.10. The second kappa shape index (κ2) is 6.20. The molecule has 0 spiro atoms. The Hall–Kier alpha value is -0.820. The van der Waals surface area contributed by atoms with E-state index >= 15 is 0 Å². The van der Waals surface area contributed by atoms with Crippen molar-refractivity contribution in [3.05, 3.63) is 35.9 Å². The maximum Gasteiger partial charge on any atom is 0.0158 e. The molecule has 1 N–H and O–H groups in total. The van der Waals surface area contributed by atoms with Crippen LogP contribution in [0.1, 0.15) is 50.5 Å². The van der Waals surface area contributed by atoms with Crippen molar-refractivity contribution >= 4 is 0 Å². The van der Waals surface area contributed by atoms with Crippen LogP contribution in [0.4, 0.5) is 0 Å². The summed E-state index contributed by atoms with van der Waals surface area (Å²) in [6.45, 7) is 2.37. The van der Waals surface area contributed by atoms with Gasteiger partial charge in [0.2, 0.25) is 0 Å². The predicted molar refractivity (Wildman–Crippen MR) is 74.3 cm³/mol. The molecule has 1 heteroatoms. The molecule has 94 valence electrons. The number of rotatable bonds is 4.